The fourth-order valence-corrected chi connectivity index (χ4v) is 5.56. The summed E-state index contributed by atoms with van der Waals surface area (Å²) >= 11 is 0. The number of hydrogen-bond acceptors (Lipinski definition) is 6. The highest BCUT2D eigenvalue weighted by Gasteiger charge is 2.31. The van der Waals surface area contributed by atoms with Gasteiger partial charge < -0.3 is 15.0 Å². The Balaban J connectivity index is 1.41. The molecule has 0 saturated heterocycles. The van der Waals surface area contributed by atoms with Crippen molar-refractivity contribution in [2.75, 3.05) is 31.7 Å². The third-order valence-corrected chi connectivity index (χ3v) is 8.14. The van der Waals surface area contributed by atoms with E-state index in [-0.39, 0.29) is 11.8 Å². The van der Waals surface area contributed by atoms with Gasteiger partial charge in [0.05, 0.1) is 19.0 Å². The highest BCUT2D eigenvalue weighted by Crippen LogP contribution is 2.23. The molecule has 236 valence electrons. The number of aliphatic hydroxyl groups excluding tert-OH is 1. The number of carbonyl (C=O) groups excluding carboxylic acids is 2. The summed E-state index contributed by atoms with van der Waals surface area (Å²) in [5, 5.41) is 13.4. The van der Waals surface area contributed by atoms with Crippen molar-refractivity contribution < 1.29 is 19.6 Å². The van der Waals surface area contributed by atoms with E-state index in [0.29, 0.717) is 24.6 Å². The zero-order valence-electron chi connectivity index (χ0n) is 26.4. The molecule has 1 aliphatic rings. The highest BCUT2D eigenvalue weighted by atomic mass is 16.8. The molecule has 0 aromatic carbocycles. The number of aromatic nitrogens is 2. The van der Waals surface area contributed by atoms with Crippen LogP contribution in [0.4, 0.5) is 5.82 Å². The topological polar surface area (TPSA) is 102 Å². The Bertz CT molecular complexity index is 833. The minimum atomic E-state index is -0.438. The van der Waals surface area contributed by atoms with Gasteiger partial charge in [-0.1, -0.05) is 116 Å². The van der Waals surface area contributed by atoms with Crippen molar-refractivity contribution in [3.63, 3.8) is 0 Å². The molecule has 2 heterocycles. The summed E-state index contributed by atoms with van der Waals surface area (Å²) in [4.78, 5) is 38.9. The summed E-state index contributed by atoms with van der Waals surface area (Å²) in [5.41, 5.74) is 0.469. The van der Waals surface area contributed by atoms with Gasteiger partial charge in [0.2, 0.25) is 5.91 Å². The molecule has 0 aliphatic carbocycles. The molecule has 1 aromatic heterocycles. The predicted molar refractivity (Wildman–Crippen MR) is 165 cm³/mol. The summed E-state index contributed by atoms with van der Waals surface area (Å²) in [6.07, 6.45) is 24.9. The predicted octanol–water partition coefficient (Wildman–Crippen LogP) is 7.18. The molecular formula is C32H59N5O4. The van der Waals surface area contributed by atoms with Crippen molar-refractivity contribution in [2.24, 2.45) is 0 Å². The molecule has 1 aliphatic heterocycles. The lowest BCUT2D eigenvalue weighted by atomic mass is 10.0. The molecule has 9 heteroatoms. The Morgan fingerprint density at radius 1 is 0.902 bits per heavy atom. The second kappa shape index (κ2) is 21.6. The molecule has 1 atom stereocenters. The van der Waals surface area contributed by atoms with Crippen molar-refractivity contribution in [1.82, 2.24) is 19.9 Å². The van der Waals surface area contributed by atoms with Crippen LogP contribution in [0.2, 0.25) is 0 Å². The highest BCUT2D eigenvalue weighted by molar-refractivity contribution is 5.97. The van der Waals surface area contributed by atoms with Gasteiger partial charge in [-0.15, -0.1) is 4.94 Å². The normalized spacial score (nSPS) is 14.0. The van der Waals surface area contributed by atoms with E-state index in [0.717, 1.165) is 64.3 Å². The number of hydroxylamine groups is 3. The van der Waals surface area contributed by atoms with Gasteiger partial charge in [-0.25, -0.2) is 10.0 Å². The van der Waals surface area contributed by atoms with Gasteiger partial charge in [0.15, 0.2) is 11.5 Å². The lowest BCUT2D eigenvalue weighted by Crippen LogP contribution is -2.43. The molecule has 0 bridgehead atoms. The zero-order chi connectivity index (χ0) is 29.7. The lowest BCUT2D eigenvalue weighted by Gasteiger charge is -2.30. The van der Waals surface area contributed by atoms with Crippen LogP contribution in [0.15, 0.2) is 6.33 Å². The Labute approximate surface area is 249 Å². The number of imidazole rings is 1. The van der Waals surface area contributed by atoms with E-state index in [2.05, 4.69) is 16.9 Å². The molecule has 1 aromatic rings. The van der Waals surface area contributed by atoms with Crippen LogP contribution < -0.4 is 5.06 Å². The van der Waals surface area contributed by atoms with Gasteiger partial charge in [0, 0.05) is 27.1 Å². The summed E-state index contributed by atoms with van der Waals surface area (Å²) in [7, 11) is 1.74. The van der Waals surface area contributed by atoms with E-state index >= 15 is 0 Å². The lowest BCUT2D eigenvalue weighted by molar-refractivity contribution is -0.138. The van der Waals surface area contributed by atoms with E-state index in [4.69, 9.17) is 4.94 Å². The summed E-state index contributed by atoms with van der Waals surface area (Å²) in [6.45, 7) is 5.66. The van der Waals surface area contributed by atoms with Crippen molar-refractivity contribution >= 4 is 17.6 Å². The number of aromatic amines is 1. The maximum atomic E-state index is 12.4. The molecule has 1 unspecified atom stereocenters. The van der Waals surface area contributed by atoms with Crippen molar-refractivity contribution in [2.45, 2.75) is 148 Å². The fraction of sp³-hybridized carbons (Fsp3) is 0.844. The fourth-order valence-electron chi connectivity index (χ4n) is 5.56. The van der Waals surface area contributed by atoms with Crippen LogP contribution in [0.1, 0.15) is 153 Å². The first-order chi connectivity index (χ1) is 19.9. The van der Waals surface area contributed by atoms with E-state index in [1.807, 2.05) is 4.90 Å². The number of carbonyl (C=O) groups is 2. The Kier molecular flexibility index (Phi) is 18.4. The van der Waals surface area contributed by atoms with Crippen LogP contribution in [0, 0.1) is 0 Å². The van der Waals surface area contributed by atoms with Crippen LogP contribution >= 0.6 is 0 Å². The number of rotatable bonds is 25. The van der Waals surface area contributed by atoms with Gasteiger partial charge >= 0.3 is 0 Å². The van der Waals surface area contributed by atoms with Gasteiger partial charge in [-0.05, 0) is 19.3 Å². The number of aliphatic hydroxyl groups is 1. The van der Waals surface area contributed by atoms with Crippen molar-refractivity contribution in [3.8, 4) is 0 Å². The number of nitrogens with zero attached hydrogens (tertiary/aromatic N) is 4. The molecule has 2 N–H and O–H groups in total. The van der Waals surface area contributed by atoms with E-state index in [9.17, 15) is 14.7 Å². The largest absolute Gasteiger partial charge is 0.391 e. The molecular weight excluding hydrogens is 518 g/mol. The van der Waals surface area contributed by atoms with E-state index in [1.54, 1.807) is 14.0 Å². The number of nitrogens with one attached hydrogen (secondary N) is 1. The van der Waals surface area contributed by atoms with Crippen LogP contribution in [0.3, 0.4) is 0 Å². The number of fused-ring (bicyclic) bond motifs is 1. The molecule has 2 rings (SSSR count). The molecule has 0 fully saturated rings. The number of amides is 2. The minimum Gasteiger partial charge on any atom is -0.391 e. The molecule has 41 heavy (non-hydrogen) atoms. The number of anilines is 1. The summed E-state index contributed by atoms with van der Waals surface area (Å²) in [5.74, 6) is 0.414. The van der Waals surface area contributed by atoms with Gasteiger partial charge in [0.25, 0.3) is 5.91 Å². The second-order valence-electron chi connectivity index (χ2n) is 11.9. The standard InChI is InChI=1S/C32H59N5O4/c1-4-5-6-7-8-9-10-11-12-15-18-21-24-36(28(2)38)26-29(39)23-20-17-14-13-16-19-22-25-37-32(40)30-31(34-27-33-30)35(3)41-37/h27,29,39H,4-26H2,1-3H3,(H,33,34). The maximum absolute atomic E-state index is 12.4. The molecule has 2 amide bonds. The third-order valence-electron chi connectivity index (χ3n) is 8.14. The smallest absolute Gasteiger partial charge is 0.299 e. The average Bonchev–Trinajstić information content (AvgIpc) is 3.45. The first kappa shape index (κ1) is 35.1. The summed E-state index contributed by atoms with van der Waals surface area (Å²) < 4.78 is 0. The van der Waals surface area contributed by atoms with Crippen molar-refractivity contribution in [3.05, 3.63) is 12.0 Å². The number of hydrogen-bond donors (Lipinski definition) is 2. The van der Waals surface area contributed by atoms with Crippen molar-refractivity contribution in [1.29, 1.82) is 0 Å². The average molecular weight is 578 g/mol. The van der Waals surface area contributed by atoms with Crippen LogP contribution in [-0.4, -0.2) is 69.6 Å². The number of H-pyrrole nitrogens is 1. The quantitative estimate of drug-likeness (QED) is 0.119. The first-order valence-electron chi connectivity index (χ1n) is 16.6. The van der Waals surface area contributed by atoms with E-state index in [1.165, 1.54) is 87.1 Å². The zero-order valence-corrected chi connectivity index (χ0v) is 26.4. The number of unbranched alkanes of at least 4 members (excludes halogenated alkanes) is 17. The van der Waals surface area contributed by atoms with Gasteiger partial charge in [-0.3, -0.25) is 9.59 Å². The third kappa shape index (κ3) is 14.5. The van der Waals surface area contributed by atoms with Crippen LogP contribution in [0.25, 0.3) is 0 Å². The maximum Gasteiger partial charge on any atom is 0.299 e. The second-order valence-corrected chi connectivity index (χ2v) is 11.9. The van der Waals surface area contributed by atoms with Crippen LogP contribution in [-0.2, 0) is 9.73 Å². The Hall–Kier alpha value is -2.13. The Morgan fingerprint density at radius 2 is 1.44 bits per heavy atom. The Morgan fingerprint density at radius 3 is 2.02 bits per heavy atom. The van der Waals surface area contributed by atoms with Gasteiger partial charge in [-0.2, -0.15) is 5.06 Å². The SMILES string of the molecule is CCCCCCCCCCCCCCN(CC(O)CCCCCCCCCN1ON(C)c2nc[nH]c2C1=O)C(C)=O. The summed E-state index contributed by atoms with van der Waals surface area (Å²) in [6, 6.07) is 0. The molecule has 0 spiro atoms. The van der Waals surface area contributed by atoms with Crippen LogP contribution in [0.5, 0.6) is 0 Å². The van der Waals surface area contributed by atoms with Gasteiger partial charge in [0.1, 0.15) is 0 Å². The minimum absolute atomic E-state index is 0.0698. The molecule has 0 radical (unpaired) electrons. The molecule has 0 saturated carbocycles. The monoisotopic (exact) mass is 577 g/mol. The first-order valence-corrected chi connectivity index (χ1v) is 16.6. The molecule has 9 nitrogen and oxygen atoms in total. The van der Waals surface area contributed by atoms with E-state index < -0.39 is 6.10 Å².